The molecular formula is C18H25N3O2. The van der Waals surface area contributed by atoms with Crippen LogP contribution in [0, 0.1) is 0 Å². The Hall–Kier alpha value is -2.04. The van der Waals surface area contributed by atoms with Gasteiger partial charge in [0.15, 0.2) is 0 Å². The molecule has 0 bridgehead atoms. The largest absolute Gasteiger partial charge is 0.444 e. The summed E-state index contributed by atoms with van der Waals surface area (Å²) in [7, 11) is 0. The molecule has 1 aromatic heterocycles. The number of pyridine rings is 1. The Morgan fingerprint density at radius 2 is 2.17 bits per heavy atom. The lowest BCUT2D eigenvalue weighted by Gasteiger charge is -2.34. The molecule has 3 heterocycles. The van der Waals surface area contributed by atoms with Crippen molar-refractivity contribution in [2.24, 2.45) is 0 Å². The topological polar surface area (TPSA) is 54.5 Å². The Kier molecular flexibility index (Phi) is 4.04. The van der Waals surface area contributed by atoms with Gasteiger partial charge < -0.3 is 15.0 Å². The maximum atomic E-state index is 12.3. The lowest BCUT2D eigenvalue weighted by molar-refractivity contribution is 0.0209. The highest BCUT2D eigenvalue weighted by Gasteiger charge is 2.29. The molecule has 0 unspecified atom stereocenters. The zero-order valence-electron chi connectivity index (χ0n) is 14.3. The lowest BCUT2D eigenvalue weighted by atomic mass is 9.93. The summed E-state index contributed by atoms with van der Waals surface area (Å²) in [5, 5.41) is 3.32. The molecule has 1 N–H and O–H groups in total. The summed E-state index contributed by atoms with van der Waals surface area (Å²) >= 11 is 0. The van der Waals surface area contributed by atoms with Crippen LogP contribution in [0.25, 0.3) is 5.57 Å². The van der Waals surface area contributed by atoms with Gasteiger partial charge in [-0.3, -0.25) is 0 Å². The third-order valence-electron chi connectivity index (χ3n) is 4.25. The van der Waals surface area contributed by atoms with Crippen LogP contribution in [-0.4, -0.2) is 40.7 Å². The van der Waals surface area contributed by atoms with Gasteiger partial charge in [0.25, 0.3) is 0 Å². The molecule has 5 nitrogen and oxygen atoms in total. The maximum Gasteiger partial charge on any atom is 0.410 e. The molecule has 23 heavy (non-hydrogen) atoms. The van der Waals surface area contributed by atoms with Crippen molar-refractivity contribution < 1.29 is 9.53 Å². The number of carbonyl (C=O) groups is 1. The summed E-state index contributed by atoms with van der Waals surface area (Å²) in [6.45, 7) is 9.37. The van der Waals surface area contributed by atoms with E-state index >= 15 is 0 Å². The van der Waals surface area contributed by atoms with Crippen LogP contribution >= 0.6 is 0 Å². The van der Waals surface area contributed by atoms with Gasteiger partial charge >= 0.3 is 6.09 Å². The fourth-order valence-electron chi connectivity index (χ4n) is 3.22. The van der Waals surface area contributed by atoms with Crippen molar-refractivity contribution in [3.8, 4) is 0 Å². The minimum Gasteiger partial charge on any atom is -0.444 e. The number of amides is 1. The number of carbonyl (C=O) groups excluding carboxylic acids is 1. The van der Waals surface area contributed by atoms with Gasteiger partial charge in [0.05, 0.1) is 6.04 Å². The van der Waals surface area contributed by atoms with Gasteiger partial charge in [0, 0.05) is 24.8 Å². The molecule has 5 heteroatoms. The lowest BCUT2D eigenvalue weighted by Crippen LogP contribution is -2.43. The molecular weight excluding hydrogens is 290 g/mol. The van der Waals surface area contributed by atoms with Crippen LogP contribution in [0.15, 0.2) is 18.3 Å². The van der Waals surface area contributed by atoms with Crippen molar-refractivity contribution in [3.63, 3.8) is 0 Å². The fraction of sp³-hybridized carbons (Fsp3) is 0.556. The molecule has 124 valence electrons. The van der Waals surface area contributed by atoms with Crippen molar-refractivity contribution >= 4 is 17.5 Å². The van der Waals surface area contributed by atoms with E-state index in [0.29, 0.717) is 6.54 Å². The van der Waals surface area contributed by atoms with E-state index in [9.17, 15) is 4.79 Å². The van der Waals surface area contributed by atoms with E-state index in [0.717, 1.165) is 25.2 Å². The standard InChI is InChI=1S/C18H25N3O2/c1-12-11-13(7-10-21(12)17(22)23-18(2,3)4)14-5-8-19-16-15(14)6-9-20-16/h5,8,11-12H,6-7,9-10H2,1-4H3,(H,19,20)/t12-/m0/s1. The molecule has 1 aromatic rings. The molecule has 2 aliphatic heterocycles. The van der Waals surface area contributed by atoms with Gasteiger partial charge in [-0.15, -0.1) is 0 Å². The second-order valence-corrected chi connectivity index (χ2v) is 7.22. The minimum absolute atomic E-state index is 0.0341. The van der Waals surface area contributed by atoms with Crippen molar-refractivity contribution in [3.05, 3.63) is 29.5 Å². The molecule has 0 spiro atoms. The summed E-state index contributed by atoms with van der Waals surface area (Å²) in [6, 6.07) is 2.12. The zero-order chi connectivity index (χ0) is 16.6. The Morgan fingerprint density at radius 1 is 1.39 bits per heavy atom. The third kappa shape index (κ3) is 3.33. The van der Waals surface area contributed by atoms with Crippen molar-refractivity contribution in [1.82, 2.24) is 9.88 Å². The number of nitrogens with zero attached hydrogens (tertiary/aromatic N) is 2. The molecule has 0 saturated carbocycles. The van der Waals surface area contributed by atoms with Crippen LogP contribution in [0.5, 0.6) is 0 Å². The number of anilines is 1. The first kappa shape index (κ1) is 15.8. The van der Waals surface area contributed by atoms with Crippen LogP contribution in [0.1, 0.15) is 45.2 Å². The predicted octanol–water partition coefficient (Wildman–Crippen LogP) is 3.46. The van der Waals surface area contributed by atoms with Gasteiger partial charge in [0.2, 0.25) is 0 Å². The molecule has 0 radical (unpaired) electrons. The molecule has 1 amide bonds. The molecule has 2 aliphatic rings. The van der Waals surface area contributed by atoms with Crippen molar-refractivity contribution in [1.29, 1.82) is 0 Å². The van der Waals surface area contributed by atoms with Gasteiger partial charge in [0.1, 0.15) is 11.4 Å². The number of aromatic nitrogens is 1. The highest BCUT2D eigenvalue weighted by molar-refractivity contribution is 5.76. The second-order valence-electron chi connectivity index (χ2n) is 7.22. The average Bonchev–Trinajstić information content (AvgIpc) is 2.93. The zero-order valence-corrected chi connectivity index (χ0v) is 14.3. The predicted molar refractivity (Wildman–Crippen MR) is 91.4 cm³/mol. The molecule has 3 rings (SSSR count). The van der Waals surface area contributed by atoms with Crippen LogP contribution in [0.4, 0.5) is 10.6 Å². The van der Waals surface area contributed by atoms with E-state index in [-0.39, 0.29) is 12.1 Å². The molecule has 0 aliphatic carbocycles. The number of hydrogen-bond donors (Lipinski definition) is 1. The van der Waals surface area contributed by atoms with E-state index < -0.39 is 5.60 Å². The minimum atomic E-state index is -0.460. The quantitative estimate of drug-likeness (QED) is 0.862. The first-order valence-electron chi connectivity index (χ1n) is 8.27. The van der Waals surface area contributed by atoms with Gasteiger partial charge in [-0.2, -0.15) is 0 Å². The normalized spacial score (nSPS) is 20.6. The van der Waals surface area contributed by atoms with Crippen molar-refractivity contribution in [2.45, 2.75) is 52.2 Å². The van der Waals surface area contributed by atoms with Crippen LogP contribution in [0.3, 0.4) is 0 Å². The number of rotatable bonds is 1. The van der Waals surface area contributed by atoms with Gasteiger partial charge in [-0.25, -0.2) is 9.78 Å². The van der Waals surface area contributed by atoms with E-state index in [2.05, 4.69) is 22.4 Å². The Bertz CT molecular complexity index is 646. The van der Waals surface area contributed by atoms with E-state index in [4.69, 9.17) is 4.74 Å². The third-order valence-corrected chi connectivity index (χ3v) is 4.25. The molecule has 0 fully saturated rings. The Balaban J connectivity index is 1.80. The monoisotopic (exact) mass is 315 g/mol. The SMILES string of the molecule is C[C@H]1C=C(c2ccnc3c2CCN3)CCN1C(=O)OC(C)(C)C. The molecule has 0 saturated heterocycles. The summed E-state index contributed by atoms with van der Waals surface area (Å²) in [5.41, 5.74) is 3.42. The molecule has 1 atom stereocenters. The first-order chi connectivity index (χ1) is 10.8. The van der Waals surface area contributed by atoms with Crippen LogP contribution in [-0.2, 0) is 11.2 Å². The van der Waals surface area contributed by atoms with Crippen LogP contribution in [0.2, 0.25) is 0 Å². The van der Waals surface area contributed by atoms with Gasteiger partial charge in [-0.05, 0) is 57.7 Å². The number of fused-ring (bicyclic) bond motifs is 1. The second kappa shape index (κ2) is 5.87. The van der Waals surface area contributed by atoms with Crippen molar-refractivity contribution in [2.75, 3.05) is 18.4 Å². The maximum absolute atomic E-state index is 12.3. The van der Waals surface area contributed by atoms with E-state index in [1.807, 2.05) is 33.9 Å². The Morgan fingerprint density at radius 3 is 2.87 bits per heavy atom. The highest BCUT2D eigenvalue weighted by atomic mass is 16.6. The van der Waals surface area contributed by atoms with Crippen LogP contribution < -0.4 is 5.32 Å². The summed E-state index contributed by atoms with van der Waals surface area (Å²) in [4.78, 5) is 18.5. The smallest absolute Gasteiger partial charge is 0.410 e. The van der Waals surface area contributed by atoms with E-state index in [1.54, 1.807) is 4.90 Å². The number of hydrogen-bond acceptors (Lipinski definition) is 4. The average molecular weight is 315 g/mol. The number of ether oxygens (including phenoxy) is 1. The fourth-order valence-corrected chi connectivity index (χ4v) is 3.22. The van der Waals surface area contributed by atoms with Gasteiger partial charge in [-0.1, -0.05) is 6.08 Å². The first-order valence-corrected chi connectivity index (χ1v) is 8.27. The summed E-state index contributed by atoms with van der Waals surface area (Å²) < 4.78 is 5.50. The Labute approximate surface area is 137 Å². The molecule has 0 aromatic carbocycles. The van der Waals surface area contributed by atoms with E-state index in [1.165, 1.54) is 16.7 Å². The number of nitrogens with one attached hydrogen (secondary N) is 1. The summed E-state index contributed by atoms with van der Waals surface area (Å²) in [5.74, 6) is 1.01. The highest BCUT2D eigenvalue weighted by Crippen LogP contribution is 2.33. The summed E-state index contributed by atoms with van der Waals surface area (Å²) in [6.07, 6.45) is 5.67.